The van der Waals surface area contributed by atoms with Crippen LogP contribution in [0.4, 0.5) is 4.39 Å². The quantitative estimate of drug-likeness (QED) is 0.902. The van der Waals surface area contributed by atoms with Crippen LogP contribution < -0.4 is 10.1 Å². The Kier molecular flexibility index (Phi) is 3.22. The number of ether oxygens (including phenoxy) is 1. The topological polar surface area (TPSA) is 21.3 Å². The molecule has 1 aliphatic rings. The van der Waals surface area contributed by atoms with Crippen molar-refractivity contribution in [1.82, 2.24) is 5.32 Å². The van der Waals surface area contributed by atoms with Crippen LogP contribution in [0.15, 0.2) is 16.6 Å². The van der Waals surface area contributed by atoms with Crippen LogP contribution in [0.5, 0.6) is 5.75 Å². The molecule has 0 bridgehead atoms. The average Bonchev–Trinajstić information content (AvgIpc) is 2.69. The molecule has 1 unspecified atom stereocenters. The van der Waals surface area contributed by atoms with E-state index < -0.39 is 0 Å². The zero-order valence-corrected chi connectivity index (χ0v) is 11.0. The Labute approximate surface area is 103 Å². The first-order chi connectivity index (χ1) is 7.57. The maximum Gasteiger partial charge on any atom is 0.141 e. The van der Waals surface area contributed by atoms with Crippen molar-refractivity contribution in [2.24, 2.45) is 0 Å². The second-order valence-corrected chi connectivity index (χ2v) is 5.18. The Hall–Kier alpha value is -0.610. The van der Waals surface area contributed by atoms with E-state index in [0.717, 1.165) is 24.9 Å². The van der Waals surface area contributed by atoms with Crippen LogP contribution >= 0.6 is 15.9 Å². The van der Waals surface area contributed by atoms with Crippen LogP contribution in [0.3, 0.4) is 0 Å². The molecule has 1 heterocycles. The van der Waals surface area contributed by atoms with E-state index in [2.05, 4.69) is 28.2 Å². The van der Waals surface area contributed by atoms with Gasteiger partial charge in [0.25, 0.3) is 0 Å². The van der Waals surface area contributed by atoms with Gasteiger partial charge >= 0.3 is 0 Å². The normalized spacial score (nSPS) is 24.8. The van der Waals surface area contributed by atoms with Crippen LogP contribution in [0, 0.1) is 5.82 Å². The molecule has 0 aromatic heterocycles. The number of hydrogen-bond acceptors (Lipinski definition) is 2. The summed E-state index contributed by atoms with van der Waals surface area (Å²) in [4.78, 5) is 0. The fraction of sp³-hybridized carbons (Fsp3) is 0.500. The smallest absolute Gasteiger partial charge is 0.141 e. The Morgan fingerprint density at radius 3 is 2.81 bits per heavy atom. The van der Waals surface area contributed by atoms with E-state index in [-0.39, 0.29) is 11.4 Å². The molecular formula is C12H15BrFNO. The predicted octanol–water partition coefficient (Wildman–Crippen LogP) is 3.20. The summed E-state index contributed by atoms with van der Waals surface area (Å²) in [6, 6.07) is 3.25. The number of rotatable bonds is 2. The molecule has 1 N–H and O–H groups in total. The zero-order valence-electron chi connectivity index (χ0n) is 9.44. The van der Waals surface area contributed by atoms with Crippen molar-refractivity contribution in [1.29, 1.82) is 0 Å². The van der Waals surface area contributed by atoms with Crippen molar-refractivity contribution in [2.75, 3.05) is 13.7 Å². The number of halogens is 2. The zero-order chi connectivity index (χ0) is 11.8. The SMILES string of the molecule is COc1cc(F)c(Br)cc1C1(C)CCCN1. The molecule has 1 aliphatic heterocycles. The maximum atomic E-state index is 13.4. The van der Waals surface area contributed by atoms with Crippen molar-refractivity contribution >= 4 is 15.9 Å². The molecule has 16 heavy (non-hydrogen) atoms. The van der Waals surface area contributed by atoms with Gasteiger partial charge in [-0.3, -0.25) is 0 Å². The average molecular weight is 288 g/mol. The molecular weight excluding hydrogens is 273 g/mol. The second-order valence-electron chi connectivity index (χ2n) is 4.33. The summed E-state index contributed by atoms with van der Waals surface area (Å²) < 4.78 is 19.2. The van der Waals surface area contributed by atoms with Gasteiger partial charge in [-0.1, -0.05) is 0 Å². The van der Waals surface area contributed by atoms with Gasteiger partial charge < -0.3 is 10.1 Å². The molecule has 0 aliphatic carbocycles. The lowest BCUT2D eigenvalue weighted by molar-refractivity contribution is 0.368. The Morgan fingerprint density at radius 2 is 2.25 bits per heavy atom. The van der Waals surface area contributed by atoms with Gasteiger partial charge in [0.1, 0.15) is 11.6 Å². The Morgan fingerprint density at radius 1 is 1.50 bits per heavy atom. The monoisotopic (exact) mass is 287 g/mol. The first-order valence-electron chi connectivity index (χ1n) is 5.35. The minimum Gasteiger partial charge on any atom is -0.496 e. The molecule has 1 aromatic rings. The van der Waals surface area contributed by atoms with Gasteiger partial charge in [-0.05, 0) is 48.3 Å². The third-order valence-electron chi connectivity index (χ3n) is 3.21. The third kappa shape index (κ3) is 1.96. The van der Waals surface area contributed by atoms with Crippen LogP contribution in [0.2, 0.25) is 0 Å². The molecule has 88 valence electrons. The fourth-order valence-corrected chi connectivity index (χ4v) is 2.60. The van der Waals surface area contributed by atoms with E-state index in [0.29, 0.717) is 10.2 Å². The molecule has 0 spiro atoms. The van der Waals surface area contributed by atoms with Crippen molar-refractivity contribution < 1.29 is 9.13 Å². The van der Waals surface area contributed by atoms with Crippen LogP contribution in [0.1, 0.15) is 25.3 Å². The highest BCUT2D eigenvalue weighted by Crippen LogP contribution is 2.38. The fourth-order valence-electron chi connectivity index (χ4n) is 2.25. The highest BCUT2D eigenvalue weighted by Gasteiger charge is 2.33. The number of hydrogen-bond donors (Lipinski definition) is 1. The molecule has 2 rings (SSSR count). The van der Waals surface area contributed by atoms with E-state index in [9.17, 15) is 4.39 Å². The molecule has 1 fully saturated rings. The van der Waals surface area contributed by atoms with Crippen molar-refractivity contribution in [3.63, 3.8) is 0 Å². The molecule has 0 radical (unpaired) electrons. The number of benzene rings is 1. The van der Waals surface area contributed by atoms with Gasteiger partial charge in [0, 0.05) is 17.2 Å². The van der Waals surface area contributed by atoms with Crippen molar-refractivity contribution in [2.45, 2.75) is 25.3 Å². The predicted molar refractivity (Wildman–Crippen MR) is 65.2 cm³/mol. The van der Waals surface area contributed by atoms with Gasteiger partial charge in [-0.25, -0.2) is 4.39 Å². The lowest BCUT2D eigenvalue weighted by Gasteiger charge is -2.27. The molecule has 1 saturated heterocycles. The second kappa shape index (κ2) is 4.34. The summed E-state index contributed by atoms with van der Waals surface area (Å²) >= 11 is 3.22. The van der Waals surface area contributed by atoms with Gasteiger partial charge in [0.05, 0.1) is 11.6 Å². The van der Waals surface area contributed by atoms with Gasteiger partial charge in [0.2, 0.25) is 0 Å². The maximum absolute atomic E-state index is 13.4. The van der Waals surface area contributed by atoms with E-state index in [1.807, 2.05) is 6.07 Å². The van der Waals surface area contributed by atoms with E-state index in [1.54, 1.807) is 7.11 Å². The highest BCUT2D eigenvalue weighted by molar-refractivity contribution is 9.10. The Bertz CT molecular complexity index is 402. The minimum atomic E-state index is -0.290. The van der Waals surface area contributed by atoms with Crippen molar-refractivity contribution in [3.8, 4) is 5.75 Å². The number of nitrogens with one attached hydrogen (secondary N) is 1. The summed E-state index contributed by atoms with van der Waals surface area (Å²) in [6.45, 7) is 3.12. The highest BCUT2D eigenvalue weighted by atomic mass is 79.9. The van der Waals surface area contributed by atoms with Gasteiger partial charge in [-0.15, -0.1) is 0 Å². The summed E-state index contributed by atoms with van der Waals surface area (Å²) in [6.07, 6.45) is 2.18. The van der Waals surface area contributed by atoms with Gasteiger partial charge in [0.15, 0.2) is 0 Å². The standard InChI is InChI=1S/C12H15BrFNO/c1-12(4-3-5-15-12)8-6-9(13)10(14)7-11(8)16-2/h6-7,15H,3-5H2,1-2H3. The summed E-state index contributed by atoms with van der Waals surface area (Å²) in [5, 5.41) is 3.45. The van der Waals surface area contributed by atoms with Crippen molar-refractivity contribution in [3.05, 3.63) is 28.0 Å². The molecule has 1 aromatic carbocycles. The lowest BCUT2D eigenvalue weighted by atomic mass is 9.90. The minimum absolute atomic E-state index is 0.110. The van der Waals surface area contributed by atoms with E-state index in [4.69, 9.17) is 4.74 Å². The molecule has 1 atom stereocenters. The van der Waals surface area contributed by atoms with E-state index >= 15 is 0 Å². The first kappa shape index (κ1) is 11.9. The lowest BCUT2D eigenvalue weighted by Crippen LogP contribution is -2.33. The summed E-state index contributed by atoms with van der Waals surface area (Å²) in [5.41, 5.74) is 0.905. The van der Waals surface area contributed by atoms with Gasteiger partial charge in [-0.2, -0.15) is 0 Å². The third-order valence-corrected chi connectivity index (χ3v) is 3.81. The first-order valence-corrected chi connectivity index (χ1v) is 6.15. The molecule has 4 heteroatoms. The largest absolute Gasteiger partial charge is 0.496 e. The Balaban J connectivity index is 2.50. The summed E-state index contributed by atoms with van der Waals surface area (Å²) in [7, 11) is 1.57. The van der Waals surface area contributed by atoms with E-state index in [1.165, 1.54) is 6.07 Å². The molecule has 0 saturated carbocycles. The van der Waals surface area contributed by atoms with Crippen LogP contribution in [-0.2, 0) is 5.54 Å². The summed E-state index contributed by atoms with van der Waals surface area (Å²) in [5.74, 6) is 0.319. The number of methoxy groups -OCH3 is 1. The molecule has 2 nitrogen and oxygen atoms in total. The van der Waals surface area contributed by atoms with Crippen LogP contribution in [-0.4, -0.2) is 13.7 Å². The van der Waals surface area contributed by atoms with Crippen LogP contribution in [0.25, 0.3) is 0 Å². The molecule has 0 amide bonds.